The van der Waals surface area contributed by atoms with Crippen molar-refractivity contribution in [1.82, 2.24) is 5.32 Å². The van der Waals surface area contributed by atoms with Crippen LogP contribution in [-0.2, 0) is 14.6 Å². The van der Waals surface area contributed by atoms with Gasteiger partial charge in [-0.15, -0.1) is 0 Å². The monoisotopic (exact) mass is 608 g/mol. The number of methoxy groups -OCH3 is 1. The number of aromatic carboxylic acids is 1. The Kier molecular flexibility index (Phi) is 8.57. The van der Waals surface area contributed by atoms with E-state index in [2.05, 4.69) is 10.6 Å². The van der Waals surface area contributed by atoms with Gasteiger partial charge in [0.2, 0.25) is 5.91 Å². The van der Waals surface area contributed by atoms with Crippen LogP contribution >= 0.6 is 0 Å². The van der Waals surface area contributed by atoms with Crippen LogP contribution in [0.4, 0.5) is 23.2 Å². The molecule has 0 heterocycles. The molecule has 2 unspecified atom stereocenters. The molecule has 2 amide bonds. The molecule has 0 bridgehead atoms. The lowest BCUT2D eigenvalue weighted by atomic mass is 9.98. The van der Waals surface area contributed by atoms with E-state index >= 15 is 0 Å². The normalized spacial score (nSPS) is 17.0. The van der Waals surface area contributed by atoms with Gasteiger partial charge >= 0.3 is 11.5 Å². The van der Waals surface area contributed by atoms with E-state index in [4.69, 9.17) is 4.74 Å². The van der Waals surface area contributed by atoms with Crippen LogP contribution in [0.25, 0.3) is 11.1 Å². The molecule has 42 heavy (non-hydrogen) atoms. The van der Waals surface area contributed by atoms with Crippen LogP contribution in [-0.4, -0.2) is 50.0 Å². The van der Waals surface area contributed by atoms with Crippen molar-refractivity contribution in [2.75, 3.05) is 12.4 Å². The van der Waals surface area contributed by atoms with Gasteiger partial charge in [0.1, 0.15) is 11.6 Å². The number of halogens is 4. The Balaban J connectivity index is 1.55. The molecule has 3 N–H and O–H groups in total. The third-order valence-electron chi connectivity index (χ3n) is 6.84. The average molecular weight is 609 g/mol. The number of hydrogen-bond acceptors (Lipinski definition) is 6. The molecule has 0 aromatic heterocycles. The molecule has 9 nitrogen and oxygen atoms in total. The van der Waals surface area contributed by atoms with Crippen LogP contribution in [0.15, 0.2) is 65.6 Å². The van der Waals surface area contributed by atoms with E-state index in [9.17, 15) is 45.5 Å². The Morgan fingerprint density at radius 2 is 1.71 bits per heavy atom. The first-order valence-corrected chi connectivity index (χ1v) is 14.0. The number of amides is 2. The predicted octanol–water partition coefficient (Wildman–Crippen LogP) is 5.03. The number of anilines is 1. The highest BCUT2D eigenvalue weighted by atomic mass is 32.2. The van der Waals surface area contributed by atoms with E-state index in [1.165, 1.54) is 43.5 Å². The van der Waals surface area contributed by atoms with Gasteiger partial charge in [0.05, 0.1) is 29.1 Å². The maximum atomic E-state index is 14.9. The summed E-state index contributed by atoms with van der Waals surface area (Å²) in [6.07, 6.45) is 1.23. The molecule has 0 aliphatic heterocycles. The zero-order valence-electron chi connectivity index (χ0n) is 21.9. The summed E-state index contributed by atoms with van der Waals surface area (Å²) in [6.45, 7) is 0. The third-order valence-corrected chi connectivity index (χ3v) is 8.32. The van der Waals surface area contributed by atoms with Crippen LogP contribution in [0.3, 0.4) is 0 Å². The number of hydrogen-bond donors (Lipinski definition) is 3. The van der Waals surface area contributed by atoms with Gasteiger partial charge in [-0.2, -0.15) is 13.2 Å². The summed E-state index contributed by atoms with van der Waals surface area (Å²) in [6, 6.07) is 10.7. The highest BCUT2D eigenvalue weighted by molar-refractivity contribution is 7.92. The molecule has 1 aliphatic rings. The molecule has 1 saturated carbocycles. The summed E-state index contributed by atoms with van der Waals surface area (Å²) in [7, 11) is -4.40. The Hall–Kier alpha value is -4.46. The fourth-order valence-corrected chi connectivity index (χ4v) is 5.55. The van der Waals surface area contributed by atoms with Gasteiger partial charge in [0, 0.05) is 23.4 Å². The molecule has 3 aromatic rings. The van der Waals surface area contributed by atoms with E-state index in [-0.39, 0.29) is 33.7 Å². The van der Waals surface area contributed by atoms with E-state index in [1.807, 2.05) is 0 Å². The van der Waals surface area contributed by atoms with Crippen LogP contribution in [0, 0.1) is 11.7 Å². The van der Waals surface area contributed by atoms with Crippen molar-refractivity contribution in [1.29, 1.82) is 0 Å². The minimum absolute atomic E-state index is 0.0570. The van der Waals surface area contributed by atoms with Crippen LogP contribution in [0.1, 0.15) is 40.0 Å². The summed E-state index contributed by atoms with van der Waals surface area (Å²) in [5.41, 5.74) is -5.71. The quantitative estimate of drug-likeness (QED) is 0.305. The van der Waals surface area contributed by atoms with Crippen molar-refractivity contribution < 1.29 is 50.2 Å². The zero-order valence-corrected chi connectivity index (χ0v) is 22.7. The number of carbonyl (C=O) groups excluding carboxylic acids is 2. The van der Waals surface area contributed by atoms with Crippen molar-refractivity contribution >= 4 is 33.3 Å². The fourth-order valence-electron chi connectivity index (χ4n) is 4.74. The molecule has 4 rings (SSSR count). The van der Waals surface area contributed by atoms with Crippen molar-refractivity contribution in [2.24, 2.45) is 5.92 Å². The van der Waals surface area contributed by atoms with Gasteiger partial charge < -0.3 is 20.5 Å². The van der Waals surface area contributed by atoms with Crippen molar-refractivity contribution in [3.8, 4) is 16.9 Å². The van der Waals surface area contributed by atoms with Gasteiger partial charge in [0.25, 0.3) is 15.7 Å². The highest BCUT2D eigenvalue weighted by Gasteiger charge is 2.47. The number of carboxylic acid groups (broad SMARTS) is 1. The molecular weight excluding hydrogens is 584 g/mol. The molecule has 14 heteroatoms. The Morgan fingerprint density at radius 3 is 2.38 bits per heavy atom. The van der Waals surface area contributed by atoms with E-state index in [0.717, 1.165) is 18.2 Å². The largest absolute Gasteiger partial charge is 0.501 e. The fraction of sp³-hybridized carbons (Fsp3) is 0.250. The minimum Gasteiger partial charge on any atom is -0.496 e. The van der Waals surface area contributed by atoms with Crippen LogP contribution in [0.5, 0.6) is 5.75 Å². The zero-order chi connectivity index (χ0) is 30.8. The van der Waals surface area contributed by atoms with Crippen LogP contribution < -0.4 is 15.4 Å². The van der Waals surface area contributed by atoms with Gasteiger partial charge in [-0.3, -0.25) is 9.59 Å². The maximum Gasteiger partial charge on any atom is 0.501 e. The first-order chi connectivity index (χ1) is 19.7. The number of rotatable bonds is 8. The smallest absolute Gasteiger partial charge is 0.496 e. The molecule has 1 fully saturated rings. The molecule has 222 valence electrons. The molecule has 3 aromatic carbocycles. The van der Waals surface area contributed by atoms with E-state index < -0.39 is 55.8 Å². The number of carboxylic acids is 1. The number of sulfone groups is 1. The van der Waals surface area contributed by atoms with Crippen molar-refractivity contribution in [3.63, 3.8) is 0 Å². The standard InChI is InChI=1S/C28H24F4N2O7S/c1-41-24-14-22(29)20(15-5-2-6-16(11-15)27(37)38)13-21(24)26(36)34-23-10-4-9-19(23)25(35)33-17-7-3-8-18(12-17)42(39,40)28(30,31)32/h2-3,5-8,11-14,19,23H,4,9-10H2,1H3,(H,33,35)(H,34,36)(H,37,38). The lowest BCUT2D eigenvalue weighted by Gasteiger charge is -2.22. The summed E-state index contributed by atoms with van der Waals surface area (Å²) >= 11 is 0. The second kappa shape index (κ2) is 11.8. The predicted molar refractivity (Wildman–Crippen MR) is 142 cm³/mol. The van der Waals surface area contributed by atoms with Crippen molar-refractivity contribution in [3.05, 3.63) is 77.6 Å². The maximum absolute atomic E-state index is 14.9. The van der Waals surface area contributed by atoms with E-state index in [0.29, 0.717) is 25.3 Å². The number of ether oxygens (including phenoxy) is 1. The SMILES string of the molecule is COc1cc(F)c(-c2cccc(C(=O)O)c2)cc1C(=O)NC1CCCC1C(=O)Nc1cccc(S(=O)(=O)C(F)(F)F)c1. The number of nitrogens with one attached hydrogen (secondary N) is 2. The minimum atomic E-state index is -5.63. The van der Waals surface area contributed by atoms with Gasteiger partial charge in [-0.25, -0.2) is 17.6 Å². The van der Waals surface area contributed by atoms with E-state index in [1.54, 1.807) is 0 Å². The molecule has 0 spiro atoms. The lowest BCUT2D eigenvalue weighted by molar-refractivity contribution is -0.120. The van der Waals surface area contributed by atoms with Crippen LogP contribution in [0.2, 0.25) is 0 Å². The second-order valence-electron chi connectivity index (χ2n) is 9.50. The topological polar surface area (TPSA) is 139 Å². The Labute approximate surface area is 237 Å². The average Bonchev–Trinajstić information content (AvgIpc) is 3.40. The Bertz CT molecular complexity index is 1660. The van der Waals surface area contributed by atoms with Crippen molar-refractivity contribution in [2.45, 2.75) is 35.7 Å². The molecule has 0 saturated heterocycles. The summed E-state index contributed by atoms with van der Waals surface area (Å²) in [4.78, 5) is 36.7. The Morgan fingerprint density at radius 1 is 1.00 bits per heavy atom. The second-order valence-corrected chi connectivity index (χ2v) is 11.4. The van der Waals surface area contributed by atoms with Gasteiger partial charge in [-0.05, 0) is 54.8 Å². The third kappa shape index (κ3) is 6.22. The molecule has 1 aliphatic carbocycles. The first-order valence-electron chi connectivity index (χ1n) is 12.5. The lowest BCUT2D eigenvalue weighted by Crippen LogP contribution is -2.42. The molecule has 0 radical (unpaired) electrons. The number of carbonyl (C=O) groups is 3. The summed E-state index contributed by atoms with van der Waals surface area (Å²) in [5.74, 6) is -4.25. The number of alkyl halides is 3. The van der Waals surface area contributed by atoms with Gasteiger partial charge in [0.15, 0.2) is 0 Å². The summed E-state index contributed by atoms with van der Waals surface area (Å²) in [5, 5.41) is 14.4. The molecule has 2 atom stereocenters. The van der Waals surface area contributed by atoms with Gasteiger partial charge in [-0.1, -0.05) is 24.6 Å². The highest BCUT2D eigenvalue weighted by Crippen LogP contribution is 2.34. The molecular formula is C28H24F4N2O7S. The number of benzene rings is 3. The first kappa shape index (κ1) is 30.5. The summed E-state index contributed by atoms with van der Waals surface area (Å²) < 4.78 is 82.5.